The van der Waals surface area contributed by atoms with Gasteiger partial charge in [-0.15, -0.1) is 0 Å². The van der Waals surface area contributed by atoms with E-state index < -0.39 is 23.6 Å². The van der Waals surface area contributed by atoms with Crippen molar-refractivity contribution in [3.05, 3.63) is 65.0 Å². The average molecular weight is 335 g/mol. The fraction of sp³-hybridized carbons (Fsp3) is 0.278. The van der Waals surface area contributed by atoms with Crippen molar-refractivity contribution < 1.29 is 22.7 Å². The Labute approximate surface area is 137 Å². The van der Waals surface area contributed by atoms with Gasteiger partial charge in [0.1, 0.15) is 11.9 Å². The van der Waals surface area contributed by atoms with Crippen molar-refractivity contribution in [3.63, 3.8) is 0 Å². The number of ether oxygens (including phenoxy) is 1. The van der Waals surface area contributed by atoms with Gasteiger partial charge in [-0.2, -0.15) is 0 Å². The maximum Gasteiger partial charge on any atom is 0.164 e. The Hall–Kier alpha value is -2.34. The molecule has 1 saturated heterocycles. The first-order valence-corrected chi connectivity index (χ1v) is 7.58. The third-order valence-corrected chi connectivity index (χ3v) is 4.07. The molecule has 0 aliphatic carbocycles. The summed E-state index contributed by atoms with van der Waals surface area (Å²) in [5, 5.41) is 0. The molecule has 0 N–H and O–H groups in total. The Morgan fingerprint density at radius 2 is 1.92 bits per heavy atom. The summed E-state index contributed by atoms with van der Waals surface area (Å²) < 4.78 is 46.2. The van der Waals surface area contributed by atoms with E-state index in [1.54, 1.807) is 12.1 Å². The summed E-state index contributed by atoms with van der Waals surface area (Å²) in [7, 11) is 0. The highest BCUT2D eigenvalue weighted by atomic mass is 19.2. The quantitative estimate of drug-likeness (QED) is 0.797. The predicted molar refractivity (Wildman–Crippen MR) is 83.7 cm³/mol. The summed E-state index contributed by atoms with van der Waals surface area (Å²) >= 11 is 0. The first-order valence-electron chi connectivity index (χ1n) is 7.58. The molecule has 0 bridgehead atoms. The van der Waals surface area contributed by atoms with Crippen molar-refractivity contribution in [2.75, 3.05) is 24.6 Å². The number of rotatable bonds is 3. The summed E-state index contributed by atoms with van der Waals surface area (Å²) in [6.07, 6.45) is -0.489. The average Bonchev–Trinajstić information content (AvgIpc) is 2.57. The Morgan fingerprint density at radius 1 is 1.12 bits per heavy atom. The number of hydrogen-bond donors (Lipinski definition) is 0. The van der Waals surface area contributed by atoms with Crippen LogP contribution in [-0.2, 0) is 4.74 Å². The van der Waals surface area contributed by atoms with Crippen LogP contribution in [0.15, 0.2) is 36.4 Å². The Kier molecular flexibility index (Phi) is 4.57. The molecule has 1 aliphatic heterocycles. The van der Waals surface area contributed by atoms with Gasteiger partial charge in [-0.05, 0) is 36.8 Å². The fourth-order valence-electron chi connectivity index (χ4n) is 2.91. The lowest BCUT2D eigenvalue weighted by Gasteiger charge is -2.35. The van der Waals surface area contributed by atoms with Crippen LogP contribution in [0.4, 0.5) is 18.9 Å². The highest BCUT2D eigenvalue weighted by Crippen LogP contribution is 2.30. The standard InChI is InChI=1S/C18H16F3NO2/c1-11(23)18-14(20)3-2-4-16(18)22-7-8-24-17(10-22)12-5-6-13(19)15(21)9-12/h2-6,9,17H,7-8,10H2,1H3/t17-/m0/s1. The zero-order chi connectivity index (χ0) is 17.3. The number of Topliss-reactive ketones (excluding diaryl/α,β-unsaturated/α-hetero) is 1. The predicted octanol–water partition coefficient (Wildman–Crippen LogP) is 3.88. The zero-order valence-corrected chi connectivity index (χ0v) is 13.1. The Bertz CT molecular complexity index is 779. The van der Waals surface area contributed by atoms with E-state index in [9.17, 15) is 18.0 Å². The van der Waals surface area contributed by atoms with Crippen LogP contribution < -0.4 is 4.90 Å². The lowest BCUT2D eigenvalue weighted by Crippen LogP contribution is -2.39. The summed E-state index contributed by atoms with van der Waals surface area (Å²) in [5.74, 6) is -2.80. The molecule has 1 aliphatic rings. The maximum absolute atomic E-state index is 14.0. The van der Waals surface area contributed by atoms with Gasteiger partial charge in [-0.3, -0.25) is 4.79 Å². The van der Waals surface area contributed by atoms with E-state index in [1.165, 1.54) is 19.1 Å². The minimum atomic E-state index is -0.941. The smallest absolute Gasteiger partial charge is 0.164 e. The molecular weight excluding hydrogens is 319 g/mol. The van der Waals surface area contributed by atoms with Gasteiger partial charge in [0, 0.05) is 13.1 Å². The van der Waals surface area contributed by atoms with Crippen LogP contribution in [0.5, 0.6) is 0 Å². The molecule has 2 aromatic rings. The number of ketones is 1. The first-order chi connectivity index (χ1) is 11.5. The van der Waals surface area contributed by atoms with Crippen molar-refractivity contribution in [2.24, 2.45) is 0 Å². The van der Waals surface area contributed by atoms with Gasteiger partial charge in [0.05, 0.1) is 17.9 Å². The largest absolute Gasteiger partial charge is 0.370 e. The van der Waals surface area contributed by atoms with Crippen LogP contribution in [0.1, 0.15) is 28.9 Å². The lowest BCUT2D eigenvalue weighted by molar-refractivity contribution is 0.0394. The molecule has 126 valence electrons. The molecule has 0 spiro atoms. The molecule has 24 heavy (non-hydrogen) atoms. The summed E-state index contributed by atoms with van der Waals surface area (Å²) in [5.41, 5.74) is 1.01. The third-order valence-electron chi connectivity index (χ3n) is 4.07. The molecule has 0 saturated carbocycles. The van der Waals surface area contributed by atoms with Gasteiger partial charge >= 0.3 is 0 Å². The molecule has 1 atom stereocenters. The summed E-state index contributed by atoms with van der Waals surface area (Å²) in [4.78, 5) is 13.6. The molecule has 2 aromatic carbocycles. The molecule has 1 fully saturated rings. The van der Waals surface area contributed by atoms with E-state index in [-0.39, 0.29) is 11.3 Å². The number of halogens is 3. The molecule has 0 radical (unpaired) electrons. The van der Waals surface area contributed by atoms with E-state index in [4.69, 9.17) is 4.74 Å². The minimum absolute atomic E-state index is 0.0310. The van der Waals surface area contributed by atoms with E-state index in [0.717, 1.165) is 12.1 Å². The van der Waals surface area contributed by atoms with Gasteiger partial charge in [0.15, 0.2) is 17.4 Å². The number of benzene rings is 2. The Morgan fingerprint density at radius 3 is 2.62 bits per heavy atom. The monoisotopic (exact) mass is 335 g/mol. The van der Waals surface area contributed by atoms with Crippen LogP contribution in [0.25, 0.3) is 0 Å². The molecule has 0 amide bonds. The SMILES string of the molecule is CC(=O)c1c(F)cccc1N1CCO[C@H](c2ccc(F)c(F)c2)C1. The third kappa shape index (κ3) is 3.14. The number of anilines is 1. The van der Waals surface area contributed by atoms with Gasteiger partial charge in [-0.25, -0.2) is 13.2 Å². The topological polar surface area (TPSA) is 29.5 Å². The van der Waals surface area contributed by atoms with Crippen LogP contribution >= 0.6 is 0 Å². The molecule has 0 aromatic heterocycles. The second-order valence-electron chi connectivity index (χ2n) is 5.67. The summed E-state index contributed by atoms with van der Waals surface area (Å²) in [6, 6.07) is 8.07. The normalized spacial score (nSPS) is 17.8. The van der Waals surface area contributed by atoms with Crippen molar-refractivity contribution in [1.29, 1.82) is 0 Å². The Balaban J connectivity index is 1.90. The molecule has 3 nitrogen and oxygen atoms in total. The molecule has 1 heterocycles. The van der Waals surface area contributed by atoms with Crippen molar-refractivity contribution >= 4 is 11.5 Å². The van der Waals surface area contributed by atoms with Crippen LogP contribution in [0, 0.1) is 17.5 Å². The minimum Gasteiger partial charge on any atom is -0.370 e. The van der Waals surface area contributed by atoms with Crippen LogP contribution in [0.3, 0.4) is 0 Å². The molecule has 6 heteroatoms. The van der Waals surface area contributed by atoms with E-state index in [2.05, 4.69) is 0 Å². The lowest BCUT2D eigenvalue weighted by atomic mass is 10.0. The molecule has 3 rings (SSSR count). The second-order valence-corrected chi connectivity index (χ2v) is 5.67. The number of carbonyl (C=O) groups excluding carboxylic acids is 1. The van der Waals surface area contributed by atoms with Gasteiger partial charge in [0.25, 0.3) is 0 Å². The second kappa shape index (κ2) is 6.65. The van der Waals surface area contributed by atoms with Gasteiger partial charge in [-0.1, -0.05) is 12.1 Å². The van der Waals surface area contributed by atoms with Crippen molar-refractivity contribution in [3.8, 4) is 0 Å². The van der Waals surface area contributed by atoms with E-state index >= 15 is 0 Å². The number of morpholine rings is 1. The van der Waals surface area contributed by atoms with Crippen molar-refractivity contribution in [1.82, 2.24) is 0 Å². The number of nitrogens with zero attached hydrogens (tertiary/aromatic N) is 1. The number of hydrogen-bond acceptors (Lipinski definition) is 3. The van der Waals surface area contributed by atoms with Crippen LogP contribution in [-0.4, -0.2) is 25.5 Å². The van der Waals surface area contributed by atoms with Gasteiger partial charge in [0.2, 0.25) is 0 Å². The highest BCUT2D eigenvalue weighted by Gasteiger charge is 2.26. The number of carbonyl (C=O) groups is 1. The summed E-state index contributed by atoms with van der Waals surface area (Å²) in [6.45, 7) is 2.44. The molecular formula is C18H16F3NO2. The highest BCUT2D eigenvalue weighted by molar-refractivity contribution is 6.00. The molecule has 0 unspecified atom stereocenters. The van der Waals surface area contributed by atoms with E-state index in [0.29, 0.717) is 30.9 Å². The zero-order valence-electron chi connectivity index (χ0n) is 13.1. The first kappa shape index (κ1) is 16.5. The van der Waals surface area contributed by atoms with Crippen molar-refractivity contribution in [2.45, 2.75) is 13.0 Å². The van der Waals surface area contributed by atoms with Crippen LogP contribution in [0.2, 0.25) is 0 Å². The maximum atomic E-state index is 14.0. The fourth-order valence-corrected chi connectivity index (χ4v) is 2.91. The van der Waals surface area contributed by atoms with E-state index in [1.807, 2.05) is 4.90 Å². The van der Waals surface area contributed by atoms with Gasteiger partial charge < -0.3 is 9.64 Å².